The Labute approximate surface area is 207 Å². The fourth-order valence-corrected chi connectivity index (χ4v) is 4.31. The summed E-state index contributed by atoms with van der Waals surface area (Å²) >= 11 is 5.87. The number of rotatable bonds is 9. The summed E-state index contributed by atoms with van der Waals surface area (Å²) in [6.45, 7) is 2.31. The fourth-order valence-electron chi connectivity index (χ4n) is 4.14. The standard InChI is InChI=1S/C25H26ClN3O6/c1-33-24-14-17(7-9-23(24)35-22-10-8-18(26)15-19(22)29(31)32)25(30)27-16-20(21-6-5-13-34-21)28-11-3-2-4-12-28/h5-10,13-15,20H,2-4,11-12,16H2,1H3,(H,27,30)/t20-/m0/s1. The second kappa shape index (κ2) is 11.2. The van der Waals surface area contributed by atoms with E-state index in [-0.39, 0.29) is 39.9 Å². The van der Waals surface area contributed by atoms with Crippen molar-refractivity contribution >= 4 is 23.2 Å². The highest BCUT2D eigenvalue weighted by Crippen LogP contribution is 2.38. The molecule has 1 fully saturated rings. The molecule has 1 aliphatic heterocycles. The van der Waals surface area contributed by atoms with E-state index in [0.29, 0.717) is 12.1 Å². The number of halogens is 1. The molecule has 1 aliphatic rings. The van der Waals surface area contributed by atoms with Crippen LogP contribution in [0.5, 0.6) is 17.2 Å². The number of amides is 1. The Kier molecular flexibility index (Phi) is 7.89. The molecule has 1 N–H and O–H groups in total. The van der Waals surface area contributed by atoms with E-state index in [1.54, 1.807) is 18.4 Å². The predicted octanol–water partition coefficient (Wildman–Crippen LogP) is 5.60. The molecule has 0 aliphatic carbocycles. The van der Waals surface area contributed by atoms with Crippen LogP contribution in [0.15, 0.2) is 59.2 Å². The van der Waals surface area contributed by atoms with Crippen molar-refractivity contribution in [2.24, 2.45) is 0 Å². The first kappa shape index (κ1) is 24.6. The van der Waals surface area contributed by atoms with Crippen LogP contribution in [-0.4, -0.2) is 42.5 Å². The first-order valence-electron chi connectivity index (χ1n) is 11.3. The highest BCUT2D eigenvalue weighted by atomic mass is 35.5. The van der Waals surface area contributed by atoms with E-state index in [9.17, 15) is 14.9 Å². The first-order valence-corrected chi connectivity index (χ1v) is 11.7. The van der Waals surface area contributed by atoms with E-state index < -0.39 is 4.92 Å². The second-order valence-corrected chi connectivity index (χ2v) is 8.61. The first-order chi connectivity index (χ1) is 17.0. The number of methoxy groups -OCH3 is 1. The maximum atomic E-state index is 13.0. The fraction of sp³-hybridized carbons (Fsp3) is 0.320. The predicted molar refractivity (Wildman–Crippen MR) is 130 cm³/mol. The molecule has 35 heavy (non-hydrogen) atoms. The molecule has 0 bridgehead atoms. The van der Waals surface area contributed by atoms with E-state index in [1.807, 2.05) is 12.1 Å². The van der Waals surface area contributed by atoms with Gasteiger partial charge in [0.25, 0.3) is 5.91 Å². The van der Waals surface area contributed by atoms with Crippen LogP contribution in [-0.2, 0) is 0 Å². The third kappa shape index (κ3) is 5.93. The number of carbonyl (C=O) groups excluding carboxylic acids is 1. The maximum absolute atomic E-state index is 13.0. The molecule has 2 aromatic carbocycles. The average Bonchev–Trinajstić information content (AvgIpc) is 3.40. The number of piperidine rings is 1. The van der Waals surface area contributed by atoms with Crippen LogP contribution >= 0.6 is 11.6 Å². The van der Waals surface area contributed by atoms with Gasteiger partial charge in [-0.05, 0) is 68.4 Å². The van der Waals surface area contributed by atoms with Crippen molar-refractivity contribution in [2.75, 3.05) is 26.7 Å². The Balaban J connectivity index is 1.48. The Morgan fingerprint density at radius 3 is 2.60 bits per heavy atom. The van der Waals surface area contributed by atoms with Crippen LogP contribution in [0, 0.1) is 10.1 Å². The van der Waals surface area contributed by atoms with Gasteiger partial charge in [-0.15, -0.1) is 0 Å². The van der Waals surface area contributed by atoms with Gasteiger partial charge in [0.2, 0.25) is 5.75 Å². The summed E-state index contributed by atoms with van der Waals surface area (Å²) in [6.07, 6.45) is 5.09. The minimum absolute atomic E-state index is 0.0118. The summed E-state index contributed by atoms with van der Waals surface area (Å²) in [4.78, 5) is 26.1. The van der Waals surface area contributed by atoms with Crippen molar-refractivity contribution in [3.05, 3.63) is 81.3 Å². The van der Waals surface area contributed by atoms with Crippen LogP contribution in [0.1, 0.15) is 41.4 Å². The topological polar surface area (TPSA) is 107 Å². The number of carbonyl (C=O) groups is 1. The molecule has 1 aromatic heterocycles. The highest BCUT2D eigenvalue weighted by Gasteiger charge is 2.25. The largest absolute Gasteiger partial charge is 0.493 e. The SMILES string of the molecule is COc1cc(C(=O)NC[C@@H](c2ccco2)N2CCCCC2)ccc1Oc1ccc(Cl)cc1[N+](=O)[O-]. The van der Waals surface area contributed by atoms with Crippen LogP contribution in [0.25, 0.3) is 0 Å². The van der Waals surface area contributed by atoms with Crippen molar-refractivity contribution in [3.63, 3.8) is 0 Å². The smallest absolute Gasteiger partial charge is 0.313 e. The quantitative estimate of drug-likeness (QED) is 0.301. The number of hydrogen-bond acceptors (Lipinski definition) is 7. The number of likely N-dealkylation sites (tertiary alicyclic amines) is 1. The summed E-state index contributed by atoms with van der Waals surface area (Å²) < 4.78 is 16.8. The van der Waals surface area contributed by atoms with Crippen LogP contribution in [0.4, 0.5) is 5.69 Å². The number of nitro benzene ring substituents is 1. The summed E-state index contributed by atoms with van der Waals surface area (Å²) in [7, 11) is 1.43. The van der Waals surface area contributed by atoms with Gasteiger partial charge in [-0.2, -0.15) is 0 Å². The lowest BCUT2D eigenvalue weighted by Gasteiger charge is -2.33. The van der Waals surface area contributed by atoms with E-state index in [4.69, 9.17) is 25.5 Å². The van der Waals surface area contributed by atoms with Gasteiger partial charge < -0.3 is 19.2 Å². The molecule has 3 aromatic rings. The lowest BCUT2D eigenvalue weighted by molar-refractivity contribution is -0.385. The van der Waals surface area contributed by atoms with Crippen molar-refractivity contribution in [3.8, 4) is 17.2 Å². The number of benzene rings is 2. The molecule has 1 amide bonds. The maximum Gasteiger partial charge on any atom is 0.313 e. The van der Waals surface area contributed by atoms with E-state index in [1.165, 1.54) is 37.8 Å². The van der Waals surface area contributed by atoms with Crippen LogP contribution in [0.2, 0.25) is 5.02 Å². The molecule has 184 valence electrons. The molecule has 2 heterocycles. The number of ether oxygens (including phenoxy) is 2. The minimum atomic E-state index is -0.576. The third-order valence-electron chi connectivity index (χ3n) is 5.92. The van der Waals surface area contributed by atoms with E-state index >= 15 is 0 Å². The summed E-state index contributed by atoms with van der Waals surface area (Å²) in [5.41, 5.74) is 0.0969. The molecule has 9 nitrogen and oxygen atoms in total. The van der Waals surface area contributed by atoms with E-state index in [0.717, 1.165) is 31.7 Å². The van der Waals surface area contributed by atoms with Gasteiger partial charge >= 0.3 is 5.69 Å². The highest BCUT2D eigenvalue weighted by molar-refractivity contribution is 6.30. The zero-order valence-electron chi connectivity index (χ0n) is 19.2. The number of nitrogens with one attached hydrogen (secondary N) is 1. The molecular weight excluding hydrogens is 474 g/mol. The second-order valence-electron chi connectivity index (χ2n) is 8.17. The zero-order chi connectivity index (χ0) is 24.8. The Hall–Kier alpha value is -3.56. The lowest BCUT2D eigenvalue weighted by atomic mass is 10.1. The molecule has 1 saturated heterocycles. The Morgan fingerprint density at radius 2 is 1.91 bits per heavy atom. The number of furan rings is 1. The molecular formula is C25H26ClN3O6. The minimum Gasteiger partial charge on any atom is -0.493 e. The monoisotopic (exact) mass is 499 g/mol. The van der Waals surface area contributed by atoms with Crippen molar-refractivity contribution in [2.45, 2.75) is 25.3 Å². The molecule has 0 saturated carbocycles. The third-order valence-corrected chi connectivity index (χ3v) is 6.16. The van der Waals surface area contributed by atoms with Gasteiger partial charge in [0.05, 0.1) is 24.3 Å². The van der Waals surface area contributed by atoms with Gasteiger partial charge in [0, 0.05) is 23.2 Å². The normalized spacial score (nSPS) is 14.8. The van der Waals surface area contributed by atoms with Crippen molar-refractivity contribution in [1.29, 1.82) is 0 Å². The van der Waals surface area contributed by atoms with Crippen LogP contribution in [0.3, 0.4) is 0 Å². The Bertz CT molecular complexity index is 1180. The molecule has 4 rings (SSSR count). The summed E-state index contributed by atoms with van der Waals surface area (Å²) in [6, 6.07) is 12.5. The van der Waals surface area contributed by atoms with Gasteiger partial charge in [0.15, 0.2) is 11.5 Å². The van der Waals surface area contributed by atoms with Crippen LogP contribution < -0.4 is 14.8 Å². The molecule has 1 atom stereocenters. The summed E-state index contributed by atoms with van der Waals surface area (Å²) in [5.74, 6) is 1.05. The average molecular weight is 500 g/mol. The molecule has 0 radical (unpaired) electrons. The van der Waals surface area contributed by atoms with E-state index in [2.05, 4.69) is 10.2 Å². The lowest BCUT2D eigenvalue weighted by Crippen LogP contribution is -2.40. The Morgan fingerprint density at radius 1 is 1.14 bits per heavy atom. The number of hydrogen-bond donors (Lipinski definition) is 1. The molecule has 0 spiro atoms. The van der Waals surface area contributed by atoms with Gasteiger partial charge in [0.1, 0.15) is 5.76 Å². The van der Waals surface area contributed by atoms with Gasteiger partial charge in [-0.1, -0.05) is 18.0 Å². The summed E-state index contributed by atoms with van der Waals surface area (Å²) in [5, 5.41) is 14.6. The van der Waals surface area contributed by atoms with Crippen molar-refractivity contribution in [1.82, 2.24) is 10.2 Å². The molecule has 0 unspecified atom stereocenters. The number of nitro groups is 1. The van der Waals surface area contributed by atoms with Gasteiger partial charge in [-0.3, -0.25) is 19.8 Å². The molecule has 10 heteroatoms. The van der Waals surface area contributed by atoms with Gasteiger partial charge in [-0.25, -0.2) is 0 Å². The zero-order valence-corrected chi connectivity index (χ0v) is 20.0. The number of nitrogens with zero attached hydrogens (tertiary/aromatic N) is 2. The van der Waals surface area contributed by atoms with Crippen molar-refractivity contribution < 1.29 is 23.6 Å².